The zero-order valence-corrected chi connectivity index (χ0v) is 13.7. The van der Waals surface area contributed by atoms with Gasteiger partial charge in [-0.15, -0.1) is 0 Å². The van der Waals surface area contributed by atoms with Crippen LogP contribution in [0.2, 0.25) is 0 Å². The molecule has 138 valence electrons. The van der Waals surface area contributed by atoms with Crippen LogP contribution in [-0.2, 0) is 15.9 Å². The summed E-state index contributed by atoms with van der Waals surface area (Å²) in [6, 6.07) is -0.0735. The lowest BCUT2D eigenvalue weighted by molar-refractivity contribution is -0.524. The quantitative estimate of drug-likeness (QED) is 0.456. The van der Waals surface area contributed by atoms with E-state index in [1.165, 1.54) is 0 Å². The van der Waals surface area contributed by atoms with Crippen molar-refractivity contribution in [1.82, 2.24) is 0 Å². The average Bonchev–Trinajstić information content (AvgIpc) is 2.94. The van der Waals surface area contributed by atoms with Gasteiger partial charge < -0.3 is 9.47 Å². The summed E-state index contributed by atoms with van der Waals surface area (Å²) in [5.74, 6) is -4.17. The lowest BCUT2D eigenvalue weighted by Gasteiger charge is -2.31. The van der Waals surface area contributed by atoms with Crippen molar-refractivity contribution < 1.29 is 27.6 Å². The topological polar surface area (TPSA) is 61.6 Å². The summed E-state index contributed by atoms with van der Waals surface area (Å²) in [4.78, 5) is 10.8. The fourth-order valence-electron chi connectivity index (χ4n) is 3.61. The van der Waals surface area contributed by atoms with E-state index in [0.717, 1.165) is 32.1 Å². The standard InChI is InChI=1S/C17H20F3NO4/c18-14-9-16(20)15(19)7-11(14)6-12(21(22)23)8-13-10-24-17(25-13)4-2-1-3-5-17/h7,9,12-13H,1-6,8,10H2/t12?,13-/m0/s1. The normalized spacial score (nSPS) is 23.7. The van der Waals surface area contributed by atoms with Crippen LogP contribution in [0.5, 0.6) is 0 Å². The van der Waals surface area contributed by atoms with Gasteiger partial charge in [-0.05, 0) is 24.5 Å². The summed E-state index contributed by atoms with van der Waals surface area (Å²) < 4.78 is 51.7. The lowest BCUT2D eigenvalue weighted by atomic mass is 9.94. The van der Waals surface area contributed by atoms with E-state index >= 15 is 0 Å². The Morgan fingerprint density at radius 1 is 1.16 bits per heavy atom. The van der Waals surface area contributed by atoms with Crippen molar-refractivity contribution in [3.8, 4) is 0 Å². The Labute approximate surface area is 143 Å². The maximum Gasteiger partial charge on any atom is 0.219 e. The van der Waals surface area contributed by atoms with Gasteiger partial charge in [0.25, 0.3) is 0 Å². The Morgan fingerprint density at radius 3 is 2.52 bits per heavy atom. The fourth-order valence-corrected chi connectivity index (χ4v) is 3.61. The summed E-state index contributed by atoms with van der Waals surface area (Å²) in [5.41, 5.74) is -0.216. The third kappa shape index (κ3) is 4.12. The summed E-state index contributed by atoms with van der Waals surface area (Å²) in [5, 5.41) is 11.3. The highest BCUT2D eigenvalue weighted by Crippen LogP contribution is 2.39. The molecule has 5 nitrogen and oxygen atoms in total. The largest absolute Gasteiger partial charge is 0.347 e. The molecular weight excluding hydrogens is 339 g/mol. The van der Waals surface area contributed by atoms with Gasteiger partial charge in [0, 0.05) is 36.7 Å². The van der Waals surface area contributed by atoms with Gasteiger partial charge in [-0.1, -0.05) is 6.42 Å². The highest BCUT2D eigenvalue weighted by atomic mass is 19.2. The maximum atomic E-state index is 13.8. The molecule has 8 heteroatoms. The van der Waals surface area contributed by atoms with Crippen LogP contribution in [0, 0.1) is 27.6 Å². The molecule has 1 aliphatic carbocycles. The van der Waals surface area contributed by atoms with Crippen LogP contribution < -0.4 is 0 Å². The first-order valence-corrected chi connectivity index (χ1v) is 8.47. The van der Waals surface area contributed by atoms with Crippen LogP contribution in [0.25, 0.3) is 0 Å². The van der Waals surface area contributed by atoms with Gasteiger partial charge >= 0.3 is 0 Å². The third-order valence-electron chi connectivity index (χ3n) is 4.91. The molecule has 2 atom stereocenters. The molecule has 1 unspecified atom stereocenters. The lowest BCUT2D eigenvalue weighted by Crippen LogP contribution is -2.35. The van der Waals surface area contributed by atoms with Crippen molar-refractivity contribution in [1.29, 1.82) is 0 Å². The zero-order chi connectivity index (χ0) is 18.0. The summed E-state index contributed by atoms with van der Waals surface area (Å²) in [6.07, 6.45) is 3.88. The molecule has 1 heterocycles. The molecule has 1 aromatic rings. The van der Waals surface area contributed by atoms with Gasteiger partial charge in [0.15, 0.2) is 17.4 Å². The van der Waals surface area contributed by atoms with Crippen LogP contribution in [0.4, 0.5) is 13.2 Å². The zero-order valence-electron chi connectivity index (χ0n) is 13.7. The molecule has 1 saturated heterocycles. The SMILES string of the molecule is O=[N+]([O-])C(Cc1cc(F)c(F)cc1F)C[C@H]1COC2(CCCCC2)O1. The number of benzene rings is 1. The molecule has 1 aromatic carbocycles. The van der Waals surface area contributed by atoms with E-state index in [-0.39, 0.29) is 25.0 Å². The molecule has 1 aliphatic heterocycles. The molecule has 0 aromatic heterocycles. The number of hydrogen-bond acceptors (Lipinski definition) is 4. The average molecular weight is 359 g/mol. The number of nitrogens with zero attached hydrogens (tertiary/aromatic N) is 1. The minimum Gasteiger partial charge on any atom is -0.347 e. The summed E-state index contributed by atoms with van der Waals surface area (Å²) >= 11 is 0. The minimum atomic E-state index is -1.31. The van der Waals surface area contributed by atoms with Crippen molar-refractivity contribution in [2.45, 2.75) is 62.9 Å². The Morgan fingerprint density at radius 2 is 1.84 bits per heavy atom. The number of halogens is 3. The highest BCUT2D eigenvalue weighted by Gasteiger charge is 2.44. The second-order valence-corrected chi connectivity index (χ2v) is 6.76. The van der Waals surface area contributed by atoms with Crippen LogP contribution in [0.3, 0.4) is 0 Å². The van der Waals surface area contributed by atoms with Crippen LogP contribution in [-0.4, -0.2) is 29.5 Å². The molecule has 2 fully saturated rings. The Balaban J connectivity index is 1.66. The first-order chi connectivity index (χ1) is 11.9. The number of ether oxygens (including phenoxy) is 2. The van der Waals surface area contributed by atoms with E-state index in [1.54, 1.807) is 0 Å². The maximum absolute atomic E-state index is 13.8. The van der Waals surface area contributed by atoms with E-state index in [0.29, 0.717) is 12.1 Å². The van der Waals surface area contributed by atoms with Crippen molar-refractivity contribution in [2.75, 3.05) is 6.61 Å². The van der Waals surface area contributed by atoms with E-state index in [4.69, 9.17) is 9.47 Å². The van der Waals surface area contributed by atoms with Crippen molar-refractivity contribution in [3.63, 3.8) is 0 Å². The van der Waals surface area contributed by atoms with E-state index < -0.39 is 40.3 Å². The Bertz CT molecular complexity index is 649. The predicted octanol–water partition coefficient (Wildman–Crippen LogP) is 3.76. The fraction of sp³-hybridized carbons (Fsp3) is 0.647. The van der Waals surface area contributed by atoms with Crippen molar-refractivity contribution in [2.24, 2.45) is 0 Å². The molecule has 0 N–H and O–H groups in total. The Hall–Kier alpha value is -1.67. The molecule has 2 aliphatic rings. The number of nitro groups is 1. The second-order valence-electron chi connectivity index (χ2n) is 6.76. The smallest absolute Gasteiger partial charge is 0.219 e. The first kappa shape index (κ1) is 18.1. The predicted molar refractivity (Wildman–Crippen MR) is 82.1 cm³/mol. The Kier molecular flexibility index (Phi) is 5.29. The molecule has 0 amide bonds. The van der Waals surface area contributed by atoms with Crippen molar-refractivity contribution >= 4 is 0 Å². The summed E-state index contributed by atoms with van der Waals surface area (Å²) in [6.45, 7) is 0.255. The van der Waals surface area contributed by atoms with Gasteiger partial charge in [-0.2, -0.15) is 0 Å². The molecule has 0 radical (unpaired) electrons. The second kappa shape index (κ2) is 7.29. The van der Waals surface area contributed by atoms with Gasteiger partial charge in [0.1, 0.15) is 5.82 Å². The van der Waals surface area contributed by atoms with Crippen LogP contribution >= 0.6 is 0 Å². The van der Waals surface area contributed by atoms with Crippen LogP contribution in [0.1, 0.15) is 44.1 Å². The van der Waals surface area contributed by atoms with Gasteiger partial charge in [0.05, 0.1) is 12.7 Å². The molecular formula is C17H20F3NO4. The number of rotatable bonds is 5. The number of hydrogen-bond donors (Lipinski definition) is 0. The van der Waals surface area contributed by atoms with Crippen molar-refractivity contribution in [3.05, 3.63) is 45.3 Å². The molecule has 1 saturated carbocycles. The monoisotopic (exact) mass is 359 g/mol. The van der Waals surface area contributed by atoms with Gasteiger partial charge in [-0.3, -0.25) is 10.1 Å². The van der Waals surface area contributed by atoms with Gasteiger partial charge in [0.2, 0.25) is 6.04 Å². The van der Waals surface area contributed by atoms with E-state index in [2.05, 4.69) is 0 Å². The summed E-state index contributed by atoms with van der Waals surface area (Å²) in [7, 11) is 0. The van der Waals surface area contributed by atoms with Crippen LogP contribution in [0.15, 0.2) is 12.1 Å². The van der Waals surface area contributed by atoms with E-state index in [9.17, 15) is 23.3 Å². The molecule has 1 spiro atoms. The molecule has 0 bridgehead atoms. The minimum absolute atomic E-state index is 0.0349. The van der Waals surface area contributed by atoms with E-state index in [1.807, 2.05) is 0 Å². The first-order valence-electron chi connectivity index (χ1n) is 8.47. The third-order valence-corrected chi connectivity index (χ3v) is 4.91. The molecule has 3 rings (SSSR count). The van der Waals surface area contributed by atoms with Gasteiger partial charge in [-0.25, -0.2) is 13.2 Å². The molecule has 25 heavy (non-hydrogen) atoms. The highest BCUT2D eigenvalue weighted by molar-refractivity contribution is 5.20.